The van der Waals surface area contributed by atoms with Gasteiger partial charge in [-0.25, -0.2) is 4.39 Å². The molecule has 0 spiro atoms. The van der Waals surface area contributed by atoms with Crippen molar-refractivity contribution in [3.05, 3.63) is 35.6 Å². The van der Waals surface area contributed by atoms with Crippen molar-refractivity contribution in [3.8, 4) is 0 Å². The Morgan fingerprint density at radius 3 is 2.53 bits per heavy atom. The highest BCUT2D eigenvalue weighted by molar-refractivity contribution is 5.84. The first kappa shape index (κ1) is 11.8. The zero-order valence-corrected chi connectivity index (χ0v) is 9.49. The number of hydrogen-bond donors (Lipinski definition) is 0. The molecule has 90 valence electrons. The summed E-state index contributed by atoms with van der Waals surface area (Å²) in [6.07, 6.45) is 0.910. The summed E-state index contributed by atoms with van der Waals surface area (Å²) in [5.74, 6) is -0.267. The van der Waals surface area contributed by atoms with Crippen LogP contribution in [-0.2, 0) is 16.0 Å². The largest absolute Gasteiger partial charge is 0.342 e. The van der Waals surface area contributed by atoms with Gasteiger partial charge in [-0.1, -0.05) is 18.2 Å². The molecule has 0 saturated carbocycles. The Morgan fingerprint density at radius 1 is 1.24 bits per heavy atom. The molecule has 1 amide bonds. The van der Waals surface area contributed by atoms with E-state index in [0.29, 0.717) is 31.5 Å². The maximum Gasteiger partial charge on any atom is 0.227 e. The van der Waals surface area contributed by atoms with Gasteiger partial charge in [-0.2, -0.15) is 0 Å². The molecule has 0 aromatic heterocycles. The number of hydrogen-bond acceptors (Lipinski definition) is 2. The minimum atomic E-state index is -0.353. The van der Waals surface area contributed by atoms with E-state index in [9.17, 15) is 14.0 Å². The number of benzene rings is 1. The van der Waals surface area contributed by atoms with E-state index in [4.69, 9.17) is 0 Å². The molecule has 0 bridgehead atoms. The molecule has 0 unspecified atom stereocenters. The molecule has 1 heterocycles. The van der Waals surface area contributed by atoms with Gasteiger partial charge in [0.1, 0.15) is 11.6 Å². The van der Waals surface area contributed by atoms with Crippen molar-refractivity contribution in [2.45, 2.75) is 19.3 Å². The summed E-state index contributed by atoms with van der Waals surface area (Å²) in [4.78, 5) is 24.6. The maximum atomic E-state index is 13.4. The van der Waals surface area contributed by atoms with Gasteiger partial charge in [0.15, 0.2) is 0 Å². The molecule has 1 saturated heterocycles. The van der Waals surface area contributed by atoms with E-state index in [1.165, 1.54) is 6.07 Å². The van der Waals surface area contributed by atoms with Crippen LogP contribution in [0.2, 0.25) is 0 Å². The first-order valence-corrected chi connectivity index (χ1v) is 5.69. The van der Waals surface area contributed by atoms with Gasteiger partial charge < -0.3 is 4.90 Å². The fourth-order valence-corrected chi connectivity index (χ4v) is 1.92. The number of carbonyl (C=O) groups is 2. The van der Waals surface area contributed by atoms with Crippen molar-refractivity contribution in [1.82, 2.24) is 4.90 Å². The summed E-state index contributed by atoms with van der Waals surface area (Å²) in [5, 5.41) is 0. The van der Waals surface area contributed by atoms with Gasteiger partial charge >= 0.3 is 0 Å². The smallest absolute Gasteiger partial charge is 0.227 e. The van der Waals surface area contributed by atoms with Gasteiger partial charge in [0.25, 0.3) is 0 Å². The van der Waals surface area contributed by atoms with Gasteiger partial charge in [-0.3, -0.25) is 9.59 Å². The number of carbonyl (C=O) groups excluding carboxylic acids is 2. The lowest BCUT2D eigenvalue weighted by atomic mass is 10.1. The fourth-order valence-electron chi connectivity index (χ4n) is 1.92. The molecule has 2 rings (SSSR count). The molecule has 3 nitrogen and oxygen atoms in total. The third-order valence-corrected chi connectivity index (χ3v) is 2.97. The maximum absolute atomic E-state index is 13.4. The molecule has 0 radical (unpaired) electrons. The minimum Gasteiger partial charge on any atom is -0.342 e. The van der Waals surface area contributed by atoms with E-state index in [-0.39, 0.29) is 23.9 Å². The normalized spacial score (nSPS) is 16.1. The van der Waals surface area contributed by atoms with E-state index in [1.807, 2.05) is 0 Å². The first-order valence-electron chi connectivity index (χ1n) is 5.69. The zero-order valence-electron chi connectivity index (χ0n) is 9.49. The average Bonchev–Trinajstić information content (AvgIpc) is 2.33. The van der Waals surface area contributed by atoms with Gasteiger partial charge in [0.2, 0.25) is 5.91 Å². The van der Waals surface area contributed by atoms with Crippen LogP contribution < -0.4 is 0 Å². The summed E-state index contributed by atoms with van der Waals surface area (Å²) in [6.45, 7) is 0.929. The monoisotopic (exact) mass is 235 g/mol. The van der Waals surface area contributed by atoms with Gasteiger partial charge in [-0.05, 0) is 11.6 Å². The Hall–Kier alpha value is -1.71. The van der Waals surface area contributed by atoms with Crippen molar-refractivity contribution in [3.63, 3.8) is 0 Å². The lowest BCUT2D eigenvalue weighted by molar-refractivity contribution is -0.133. The number of piperidine rings is 1. The lowest BCUT2D eigenvalue weighted by Gasteiger charge is -2.26. The minimum absolute atomic E-state index is 0.0703. The fraction of sp³-hybridized carbons (Fsp3) is 0.385. The predicted molar refractivity (Wildman–Crippen MR) is 60.9 cm³/mol. The van der Waals surface area contributed by atoms with Crippen LogP contribution in [0.25, 0.3) is 0 Å². The van der Waals surface area contributed by atoms with E-state index in [1.54, 1.807) is 23.1 Å². The zero-order chi connectivity index (χ0) is 12.3. The van der Waals surface area contributed by atoms with Crippen molar-refractivity contribution < 1.29 is 14.0 Å². The topological polar surface area (TPSA) is 37.4 Å². The van der Waals surface area contributed by atoms with E-state index < -0.39 is 0 Å². The molecule has 1 fully saturated rings. The Morgan fingerprint density at radius 2 is 1.88 bits per heavy atom. The quantitative estimate of drug-likeness (QED) is 0.780. The summed E-state index contributed by atoms with van der Waals surface area (Å²) in [6, 6.07) is 6.28. The van der Waals surface area contributed by atoms with Crippen LogP contribution in [0.15, 0.2) is 24.3 Å². The summed E-state index contributed by atoms with van der Waals surface area (Å²) >= 11 is 0. The highest BCUT2D eigenvalue weighted by atomic mass is 19.1. The molecule has 4 heteroatoms. The van der Waals surface area contributed by atoms with Gasteiger partial charge in [-0.15, -0.1) is 0 Å². The third-order valence-electron chi connectivity index (χ3n) is 2.97. The highest BCUT2D eigenvalue weighted by Crippen LogP contribution is 2.11. The van der Waals surface area contributed by atoms with E-state index in [2.05, 4.69) is 0 Å². The van der Waals surface area contributed by atoms with E-state index in [0.717, 1.165) is 0 Å². The van der Waals surface area contributed by atoms with Crippen molar-refractivity contribution >= 4 is 11.7 Å². The Bertz CT molecular complexity index is 435. The van der Waals surface area contributed by atoms with Crippen LogP contribution in [0.3, 0.4) is 0 Å². The average molecular weight is 235 g/mol. The van der Waals surface area contributed by atoms with Gasteiger partial charge in [0.05, 0.1) is 6.42 Å². The van der Waals surface area contributed by atoms with Crippen molar-refractivity contribution in [2.24, 2.45) is 0 Å². The molecule has 17 heavy (non-hydrogen) atoms. The Balaban J connectivity index is 1.98. The van der Waals surface area contributed by atoms with Crippen LogP contribution >= 0.6 is 0 Å². The number of amides is 1. The SMILES string of the molecule is O=C1CCN(C(=O)Cc2ccccc2F)CC1. The molecular formula is C13H14FNO2. The summed E-state index contributed by atoms with van der Waals surface area (Å²) < 4.78 is 13.4. The second-order valence-corrected chi connectivity index (χ2v) is 4.19. The number of halogens is 1. The van der Waals surface area contributed by atoms with Crippen LogP contribution in [0, 0.1) is 5.82 Å². The second kappa shape index (κ2) is 5.08. The number of likely N-dealkylation sites (tertiary alicyclic amines) is 1. The molecule has 0 atom stereocenters. The molecule has 1 aromatic rings. The van der Waals surface area contributed by atoms with Crippen molar-refractivity contribution in [2.75, 3.05) is 13.1 Å². The number of ketones is 1. The predicted octanol–water partition coefficient (Wildman–Crippen LogP) is 1.56. The van der Waals surface area contributed by atoms with Crippen LogP contribution in [0.1, 0.15) is 18.4 Å². The molecular weight excluding hydrogens is 221 g/mol. The molecule has 1 aliphatic heterocycles. The third kappa shape index (κ3) is 2.90. The van der Waals surface area contributed by atoms with Gasteiger partial charge in [0, 0.05) is 25.9 Å². The number of Topliss-reactive ketones (excluding diaryl/α,β-unsaturated/α-hetero) is 1. The molecule has 1 aromatic carbocycles. The molecule has 1 aliphatic rings. The standard InChI is InChI=1S/C13H14FNO2/c14-12-4-2-1-3-10(12)9-13(17)15-7-5-11(16)6-8-15/h1-4H,5-9H2. The lowest BCUT2D eigenvalue weighted by Crippen LogP contribution is -2.39. The van der Waals surface area contributed by atoms with Crippen LogP contribution in [-0.4, -0.2) is 29.7 Å². The Labute approximate surface area is 99.2 Å². The molecule has 0 N–H and O–H groups in total. The molecule has 0 aliphatic carbocycles. The second-order valence-electron chi connectivity index (χ2n) is 4.19. The summed E-state index contributed by atoms with van der Waals surface area (Å²) in [5.41, 5.74) is 0.411. The van der Waals surface area contributed by atoms with Crippen LogP contribution in [0.4, 0.5) is 4.39 Å². The van der Waals surface area contributed by atoms with E-state index >= 15 is 0 Å². The number of rotatable bonds is 2. The number of nitrogens with zero attached hydrogens (tertiary/aromatic N) is 1. The first-order chi connectivity index (χ1) is 8.16. The Kier molecular flexibility index (Phi) is 3.52. The van der Waals surface area contributed by atoms with Crippen LogP contribution in [0.5, 0.6) is 0 Å². The van der Waals surface area contributed by atoms with Crippen molar-refractivity contribution in [1.29, 1.82) is 0 Å². The summed E-state index contributed by atoms with van der Waals surface area (Å²) in [7, 11) is 0. The highest BCUT2D eigenvalue weighted by Gasteiger charge is 2.21.